The Morgan fingerprint density at radius 1 is 1.26 bits per heavy atom. The average Bonchev–Trinajstić information content (AvgIpc) is 2.42. The second kappa shape index (κ2) is 11.5. The van der Waals surface area contributed by atoms with Crippen molar-refractivity contribution in [3.63, 3.8) is 0 Å². The number of guanidine groups is 1. The Hall–Kier alpha value is -1.05. The van der Waals surface area contributed by atoms with Crippen molar-refractivity contribution in [1.29, 1.82) is 0 Å². The van der Waals surface area contributed by atoms with E-state index in [1.165, 1.54) is 0 Å². The van der Waals surface area contributed by atoms with E-state index in [4.69, 9.17) is 10.5 Å². The molecule has 132 valence electrons. The highest BCUT2D eigenvalue weighted by molar-refractivity contribution is 14.0. The van der Waals surface area contributed by atoms with Gasteiger partial charge in [0.25, 0.3) is 0 Å². The van der Waals surface area contributed by atoms with Crippen molar-refractivity contribution < 1.29 is 4.74 Å². The molecule has 0 bridgehead atoms. The normalized spacial score (nSPS) is 12.9. The number of aromatic nitrogens is 1. The van der Waals surface area contributed by atoms with E-state index in [2.05, 4.69) is 49.9 Å². The topological polar surface area (TPSA) is 72.5 Å². The van der Waals surface area contributed by atoms with E-state index >= 15 is 0 Å². The number of nitrogens with zero attached hydrogens (tertiary/aromatic N) is 2. The molecule has 0 saturated heterocycles. The van der Waals surface area contributed by atoms with Gasteiger partial charge in [-0.2, -0.15) is 0 Å². The number of hydrogen-bond acceptors (Lipinski definition) is 3. The summed E-state index contributed by atoms with van der Waals surface area (Å²) in [6.07, 6.45) is 2.92. The molecule has 0 aromatic carbocycles. The molecule has 1 unspecified atom stereocenters. The smallest absolute Gasteiger partial charge is 0.213 e. The Morgan fingerprint density at radius 3 is 2.57 bits per heavy atom. The molecule has 0 amide bonds. The summed E-state index contributed by atoms with van der Waals surface area (Å²) >= 11 is 0. The fourth-order valence-corrected chi connectivity index (χ4v) is 2.07. The molecular weight excluding hydrogens is 403 g/mol. The fourth-order valence-electron chi connectivity index (χ4n) is 2.07. The fraction of sp³-hybridized carbons (Fsp3) is 0.647. The molecule has 0 saturated carbocycles. The maximum atomic E-state index is 5.85. The lowest BCUT2D eigenvalue weighted by atomic mass is 10.1. The molecule has 1 aromatic heterocycles. The van der Waals surface area contributed by atoms with Crippen LogP contribution in [0.5, 0.6) is 5.88 Å². The number of rotatable bonds is 8. The molecule has 1 rings (SSSR count). The Kier molecular flexibility index (Phi) is 11.0. The zero-order valence-electron chi connectivity index (χ0n) is 14.9. The van der Waals surface area contributed by atoms with E-state index in [0.717, 1.165) is 18.5 Å². The summed E-state index contributed by atoms with van der Waals surface area (Å²) in [6, 6.07) is 3.86. The van der Waals surface area contributed by atoms with E-state index in [0.29, 0.717) is 30.2 Å². The first-order valence-corrected chi connectivity index (χ1v) is 8.02. The van der Waals surface area contributed by atoms with E-state index in [1.54, 1.807) is 6.20 Å². The highest BCUT2D eigenvalue weighted by Gasteiger charge is 2.08. The predicted octanol–water partition coefficient (Wildman–Crippen LogP) is 3.57. The Labute approximate surface area is 157 Å². The first-order chi connectivity index (χ1) is 10.4. The Balaban J connectivity index is 0.00000484. The summed E-state index contributed by atoms with van der Waals surface area (Å²) < 4.78 is 5.85. The van der Waals surface area contributed by atoms with Gasteiger partial charge in [-0.25, -0.2) is 9.98 Å². The van der Waals surface area contributed by atoms with Crippen molar-refractivity contribution in [2.45, 2.75) is 53.7 Å². The highest BCUT2D eigenvalue weighted by atomic mass is 127. The van der Waals surface area contributed by atoms with Crippen LogP contribution in [0, 0.1) is 11.8 Å². The molecule has 0 aliphatic heterocycles. The number of nitrogens with one attached hydrogen (secondary N) is 1. The molecular formula is C17H31IN4O. The summed E-state index contributed by atoms with van der Waals surface area (Å²) in [5.74, 6) is 2.27. The summed E-state index contributed by atoms with van der Waals surface area (Å²) in [6.45, 7) is 12.0. The molecule has 3 N–H and O–H groups in total. The predicted molar refractivity (Wildman–Crippen MR) is 107 cm³/mol. The third kappa shape index (κ3) is 10.4. The van der Waals surface area contributed by atoms with Crippen molar-refractivity contribution in [2.24, 2.45) is 22.6 Å². The lowest BCUT2D eigenvalue weighted by Gasteiger charge is -2.16. The van der Waals surface area contributed by atoms with Crippen LogP contribution in [-0.2, 0) is 6.54 Å². The second-order valence-corrected chi connectivity index (χ2v) is 6.54. The third-order valence-corrected chi connectivity index (χ3v) is 3.05. The molecule has 6 heteroatoms. The van der Waals surface area contributed by atoms with Crippen LogP contribution in [0.25, 0.3) is 0 Å². The molecule has 0 aliphatic rings. The number of hydrogen-bond donors (Lipinski definition) is 2. The molecule has 0 radical (unpaired) electrons. The van der Waals surface area contributed by atoms with Crippen LogP contribution in [-0.4, -0.2) is 23.6 Å². The summed E-state index contributed by atoms with van der Waals surface area (Å²) in [7, 11) is 0. The zero-order chi connectivity index (χ0) is 16.5. The van der Waals surface area contributed by atoms with Gasteiger partial charge in [0.1, 0.15) is 0 Å². The van der Waals surface area contributed by atoms with Gasteiger partial charge in [0.2, 0.25) is 5.88 Å². The number of ether oxygens (including phenoxy) is 1. The minimum absolute atomic E-state index is 0. The minimum Gasteiger partial charge on any atom is -0.475 e. The average molecular weight is 434 g/mol. The van der Waals surface area contributed by atoms with Gasteiger partial charge in [-0.05, 0) is 36.8 Å². The van der Waals surface area contributed by atoms with Gasteiger partial charge in [0.15, 0.2) is 5.96 Å². The van der Waals surface area contributed by atoms with Gasteiger partial charge in [-0.1, -0.05) is 27.7 Å². The van der Waals surface area contributed by atoms with Gasteiger partial charge in [0.05, 0.1) is 12.6 Å². The van der Waals surface area contributed by atoms with Crippen molar-refractivity contribution in [3.8, 4) is 5.88 Å². The third-order valence-electron chi connectivity index (χ3n) is 3.05. The molecule has 1 heterocycles. The lowest BCUT2D eigenvalue weighted by molar-refractivity contribution is 0.185. The Morgan fingerprint density at radius 2 is 1.96 bits per heavy atom. The molecule has 1 aromatic rings. The molecule has 0 aliphatic carbocycles. The first kappa shape index (κ1) is 21.9. The summed E-state index contributed by atoms with van der Waals surface area (Å²) in [4.78, 5) is 8.59. The molecule has 0 fully saturated rings. The van der Waals surface area contributed by atoms with Crippen LogP contribution in [0.15, 0.2) is 23.3 Å². The van der Waals surface area contributed by atoms with Crippen LogP contribution in [0.1, 0.15) is 46.6 Å². The summed E-state index contributed by atoms with van der Waals surface area (Å²) in [5, 5.41) is 3.10. The second-order valence-electron chi connectivity index (χ2n) is 6.54. The SMILES string of the molecule is CC(C)CNC(N)=NCc1ccnc(OC(C)CC(C)C)c1.I. The minimum atomic E-state index is 0. The van der Waals surface area contributed by atoms with E-state index in [1.807, 2.05) is 12.1 Å². The van der Waals surface area contributed by atoms with Gasteiger partial charge in [-0.3, -0.25) is 0 Å². The summed E-state index contributed by atoms with van der Waals surface area (Å²) in [5.41, 5.74) is 6.87. The molecule has 1 atom stereocenters. The largest absolute Gasteiger partial charge is 0.475 e. The van der Waals surface area contributed by atoms with Crippen molar-refractivity contribution >= 4 is 29.9 Å². The van der Waals surface area contributed by atoms with Crippen LogP contribution in [0.2, 0.25) is 0 Å². The molecule has 23 heavy (non-hydrogen) atoms. The van der Waals surface area contributed by atoms with Gasteiger partial charge < -0.3 is 15.8 Å². The van der Waals surface area contributed by atoms with Gasteiger partial charge in [-0.15, -0.1) is 24.0 Å². The quantitative estimate of drug-likeness (QED) is 0.373. The monoisotopic (exact) mass is 434 g/mol. The van der Waals surface area contributed by atoms with E-state index in [-0.39, 0.29) is 30.1 Å². The van der Waals surface area contributed by atoms with E-state index < -0.39 is 0 Å². The number of nitrogens with two attached hydrogens (primary N) is 1. The maximum Gasteiger partial charge on any atom is 0.213 e. The standard InChI is InChI=1S/C17H30N4O.HI/c1-12(2)8-14(5)22-16-9-15(6-7-19-16)11-21-17(18)20-10-13(3)4;/h6-7,9,12-14H,8,10-11H2,1-5H3,(H3,18,20,21);1H. The first-order valence-electron chi connectivity index (χ1n) is 8.02. The number of aliphatic imine (C=N–C) groups is 1. The van der Waals surface area contributed by atoms with Gasteiger partial charge in [0, 0.05) is 18.8 Å². The van der Waals surface area contributed by atoms with Crippen molar-refractivity contribution in [3.05, 3.63) is 23.9 Å². The number of halogens is 1. The molecule has 0 spiro atoms. The lowest BCUT2D eigenvalue weighted by Crippen LogP contribution is -2.34. The van der Waals surface area contributed by atoms with Crippen molar-refractivity contribution in [1.82, 2.24) is 10.3 Å². The van der Waals surface area contributed by atoms with Crippen LogP contribution >= 0.6 is 24.0 Å². The zero-order valence-corrected chi connectivity index (χ0v) is 17.2. The maximum absolute atomic E-state index is 5.85. The van der Waals surface area contributed by atoms with Gasteiger partial charge >= 0.3 is 0 Å². The van der Waals surface area contributed by atoms with E-state index in [9.17, 15) is 0 Å². The van der Waals surface area contributed by atoms with Crippen LogP contribution in [0.4, 0.5) is 0 Å². The van der Waals surface area contributed by atoms with Crippen molar-refractivity contribution in [2.75, 3.05) is 6.54 Å². The number of pyridine rings is 1. The Bertz CT molecular complexity index is 477. The van der Waals surface area contributed by atoms with Crippen LogP contribution in [0.3, 0.4) is 0 Å². The highest BCUT2D eigenvalue weighted by Crippen LogP contribution is 2.15. The molecule has 5 nitrogen and oxygen atoms in total. The van der Waals surface area contributed by atoms with Crippen LogP contribution < -0.4 is 15.8 Å².